The molecule has 1 saturated heterocycles. The zero-order chi connectivity index (χ0) is 15.1. The lowest BCUT2D eigenvalue weighted by atomic mass is 9.88. The monoisotopic (exact) mass is 292 g/mol. The molecule has 0 aromatic carbocycles. The first-order valence-corrected chi connectivity index (χ1v) is 8.21. The molecule has 1 aromatic heterocycles. The van der Waals surface area contributed by atoms with Crippen molar-refractivity contribution in [2.75, 3.05) is 26.2 Å². The number of nitrogens with zero attached hydrogens (tertiary/aromatic N) is 2. The summed E-state index contributed by atoms with van der Waals surface area (Å²) in [4.78, 5) is 6.69. The molecule has 2 rings (SSSR count). The highest BCUT2D eigenvalue weighted by molar-refractivity contribution is 5.28. The molecule has 1 atom stereocenters. The molecule has 21 heavy (non-hydrogen) atoms. The number of hydrogen-bond acceptors (Lipinski definition) is 4. The van der Waals surface area contributed by atoms with E-state index in [-0.39, 0.29) is 0 Å². The Labute approximate surface area is 128 Å². The van der Waals surface area contributed by atoms with E-state index in [2.05, 4.69) is 23.7 Å². The molecule has 118 valence electrons. The van der Waals surface area contributed by atoms with E-state index < -0.39 is 5.60 Å². The number of ether oxygens (including phenoxy) is 1. The normalized spacial score (nSPS) is 23.8. The third-order valence-electron chi connectivity index (χ3n) is 4.17. The largest absolute Gasteiger partial charge is 0.492 e. The fourth-order valence-electron chi connectivity index (χ4n) is 2.98. The summed E-state index contributed by atoms with van der Waals surface area (Å²) >= 11 is 0. The molecule has 0 radical (unpaired) electrons. The fraction of sp³-hybridized carbons (Fsp3) is 0.706. The molecule has 0 aliphatic carbocycles. The van der Waals surface area contributed by atoms with E-state index in [4.69, 9.17) is 4.74 Å². The molecule has 2 heterocycles. The Morgan fingerprint density at radius 3 is 2.86 bits per heavy atom. The van der Waals surface area contributed by atoms with Crippen molar-refractivity contribution in [1.82, 2.24) is 9.88 Å². The minimum absolute atomic E-state index is 0.688. The Morgan fingerprint density at radius 2 is 2.10 bits per heavy atom. The molecule has 1 aliphatic rings. The SMILES string of the molecule is CCCOc1cncc(C2(O)CCCN(CCC)CC2)c1. The Bertz CT molecular complexity index is 439. The molecule has 1 N–H and O–H groups in total. The summed E-state index contributed by atoms with van der Waals surface area (Å²) in [5.74, 6) is 0.762. The molecule has 1 unspecified atom stereocenters. The number of rotatable bonds is 6. The summed E-state index contributed by atoms with van der Waals surface area (Å²) in [5, 5.41) is 11.0. The van der Waals surface area contributed by atoms with Crippen LogP contribution in [0.2, 0.25) is 0 Å². The highest BCUT2D eigenvalue weighted by Gasteiger charge is 2.32. The zero-order valence-electron chi connectivity index (χ0n) is 13.3. The number of aliphatic hydroxyl groups is 1. The molecule has 0 bridgehead atoms. The predicted molar refractivity (Wildman–Crippen MR) is 84.5 cm³/mol. The number of likely N-dealkylation sites (tertiary alicyclic amines) is 1. The lowest BCUT2D eigenvalue weighted by Gasteiger charge is -2.27. The summed E-state index contributed by atoms with van der Waals surface area (Å²) in [6, 6.07) is 1.96. The van der Waals surface area contributed by atoms with Gasteiger partial charge in [0, 0.05) is 18.3 Å². The maximum atomic E-state index is 11.0. The van der Waals surface area contributed by atoms with Crippen molar-refractivity contribution in [3.8, 4) is 5.75 Å². The third-order valence-corrected chi connectivity index (χ3v) is 4.17. The number of aromatic nitrogens is 1. The van der Waals surface area contributed by atoms with Gasteiger partial charge in [-0.1, -0.05) is 13.8 Å². The van der Waals surface area contributed by atoms with Gasteiger partial charge in [0.05, 0.1) is 18.4 Å². The highest BCUT2D eigenvalue weighted by atomic mass is 16.5. The fourth-order valence-corrected chi connectivity index (χ4v) is 2.98. The van der Waals surface area contributed by atoms with E-state index in [1.165, 1.54) is 6.42 Å². The summed E-state index contributed by atoms with van der Waals surface area (Å²) in [7, 11) is 0. The molecule has 0 amide bonds. The van der Waals surface area contributed by atoms with Gasteiger partial charge in [-0.25, -0.2) is 0 Å². The zero-order valence-corrected chi connectivity index (χ0v) is 13.3. The van der Waals surface area contributed by atoms with Crippen molar-refractivity contribution in [1.29, 1.82) is 0 Å². The lowest BCUT2D eigenvalue weighted by molar-refractivity contribution is 0.0206. The van der Waals surface area contributed by atoms with Crippen LogP contribution >= 0.6 is 0 Å². The molecular formula is C17H28N2O2. The van der Waals surface area contributed by atoms with Crippen LogP contribution < -0.4 is 4.74 Å². The smallest absolute Gasteiger partial charge is 0.137 e. The van der Waals surface area contributed by atoms with Crippen molar-refractivity contribution in [2.24, 2.45) is 0 Å². The van der Waals surface area contributed by atoms with E-state index in [1.807, 2.05) is 6.07 Å². The van der Waals surface area contributed by atoms with Gasteiger partial charge in [-0.3, -0.25) is 4.98 Å². The van der Waals surface area contributed by atoms with Crippen LogP contribution in [0.4, 0.5) is 0 Å². The van der Waals surface area contributed by atoms with Gasteiger partial charge >= 0.3 is 0 Å². The van der Waals surface area contributed by atoms with Gasteiger partial charge in [0.25, 0.3) is 0 Å². The van der Waals surface area contributed by atoms with Crippen LogP contribution in [0, 0.1) is 0 Å². The van der Waals surface area contributed by atoms with Crippen molar-refractivity contribution in [3.63, 3.8) is 0 Å². The molecular weight excluding hydrogens is 264 g/mol. The van der Waals surface area contributed by atoms with Crippen LogP contribution in [0.25, 0.3) is 0 Å². The Kier molecular flexibility index (Phi) is 6.00. The summed E-state index contributed by atoms with van der Waals surface area (Å²) < 4.78 is 5.64. The highest BCUT2D eigenvalue weighted by Crippen LogP contribution is 2.33. The van der Waals surface area contributed by atoms with E-state index >= 15 is 0 Å². The molecule has 0 spiro atoms. The van der Waals surface area contributed by atoms with E-state index in [0.29, 0.717) is 6.61 Å². The van der Waals surface area contributed by atoms with Crippen LogP contribution in [-0.2, 0) is 5.60 Å². The lowest BCUT2D eigenvalue weighted by Crippen LogP contribution is -2.29. The van der Waals surface area contributed by atoms with Crippen molar-refractivity contribution in [2.45, 2.75) is 51.6 Å². The first-order chi connectivity index (χ1) is 10.2. The van der Waals surface area contributed by atoms with Gasteiger partial charge in [-0.05, 0) is 51.3 Å². The summed E-state index contributed by atoms with van der Waals surface area (Å²) in [6.45, 7) is 8.12. The first kappa shape index (κ1) is 16.2. The van der Waals surface area contributed by atoms with Crippen LogP contribution in [0.15, 0.2) is 18.5 Å². The molecule has 0 saturated carbocycles. The predicted octanol–water partition coefficient (Wildman–Crippen LogP) is 2.95. The van der Waals surface area contributed by atoms with Gasteiger partial charge in [0.15, 0.2) is 0 Å². The summed E-state index contributed by atoms with van der Waals surface area (Å²) in [6.07, 6.45) is 8.24. The van der Waals surface area contributed by atoms with Crippen LogP contribution in [-0.4, -0.2) is 41.2 Å². The second-order valence-corrected chi connectivity index (χ2v) is 5.98. The van der Waals surface area contributed by atoms with Gasteiger partial charge in [-0.2, -0.15) is 0 Å². The first-order valence-electron chi connectivity index (χ1n) is 8.21. The van der Waals surface area contributed by atoms with E-state index in [0.717, 1.165) is 56.6 Å². The summed E-state index contributed by atoms with van der Waals surface area (Å²) in [5.41, 5.74) is 0.135. The number of pyridine rings is 1. The second kappa shape index (κ2) is 7.76. The molecule has 1 aliphatic heterocycles. The molecule has 1 aromatic rings. The van der Waals surface area contributed by atoms with Gasteiger partial charge in [0.1, 0.15) is 5.75 Å². The average molecular weight is 292 g/mol. The quantitative estimate of drug-likeness (QED) is 0.875. The van der Waals surface area contributed by atoms with Crippen LogP contribution in [0.5, 0.6) is 5.75 Å². The Hall–Kier alpha value is -1.13. The maximum absolute atomic E-state index is 11.0. The standard InChI is InChI=1S/C17H28N2O2/c1-3-8-19-9-5-6-17(20,7-10-19)15-12-16(14-18-13-15)21-11-4-2/h12-14,20H,3-11H2,1-2H3. The second-order valence-electron chi connectivity index (χ2n) is 5.98. The van der Waals surface area contributed by atoms with E-state index in [1.54, 1.807) is 12.4 Å². The van der Waals surface area contributed by atoms with Gasteiger partial charge < -0.3 is 14.7 Å². The van der Waals surface area contributed by atoms with Crippen LogP contribution in [0.3, 0.4) is 0 Å². The molecule has 4 nitrogen and oxygen atoms in total. The van der Waals surface area contributed by atoms with Crippen LogP contribution in [0.1, 0.15) is 51.5 Å². The van der Waals surface area contributed by atoms with Crippen molar-refractivity contribution < 1.29 is 9.84 Å². The number of hydrogen-bond donors (Lipinski definition) is 1. The Balaban J connectivity index is 2.08. The minimum atomic E-state index is -0.763. The minimum Gasteiger partial charge on any atom is -0.492 e. The maximum Gasteiger partial charge on any atom is 0.137 e. The third kappa shape index (κ3) is 4.42. The van der Waals surface area contributed by atoms with Gasteiger partial charge in [-0.15, -0.1) is 0 Å². The molecule has 1 fully saturated rings. The average Bonchev–Trinajstić information content (AvgIpc) is 2.69. The van der Waals surface area contributed by atoms with E-state index in [9.17, 15) is 5.11 Å². The molecule has 4 heteroatoms. The van der Waals surface area contributed by atoms with Crippen molar-refractivity contribution >= 4 is 0 Å². The topological polar surface area (TPSA) is 45.6 Å². The van der Waals surface area contributed by atoms with Crippen molar-refractivity contribution in [3.05, 3.63) is 24.0 Å². The van der Waals surface area contributed by atoms with Gasteiger partial charge in [0.2, 0.25) is 0 Å². The Morgan fingerprint density at radius 1 is 1.24 bits per heavy atom.